The molecule has 1 saturated heterocycles. The largest absolute Gasteiger partial charge is 0.355 e. The van der Waals surface area contributed by atoms with E-state index >= 15 is 0 Å². The van der Waals surface area contributed by atoms with Crippen LogP contribution in [0.3, 0.4) is 0 Å². The highest BCUT2D eigenvalue weighted by molar-refractivity contribution is 5.89. The average molecular weight is 233 g/mol. The molecule has 0 aliphatic carbocycles. The van der Waals surface area contributed by atoms with Gasteiger partial charge in [-0.15, -0.1) is 0 Å². The van der Waals surface area contributed by atoms with E-state index in [1.165, 1.54) is 0 Å². The van der Waals surface area contributed by atoms with Crippen LogP contribution in [0.2, 0.25) is 0 Å². The van der Waals surface area contributed by atoms with Gasteiger partial charge >= 0.3 is 0 Å². The number of carbonyl (C=O) groups is 2. The molecule has 2 N–H and O–H groups in total. The third-order valence-corrected chi connectivity index (χ3v) is 2.95. The van der Waals surface area contributed by atoms with Crippen molar-refractivity contribution >= 4 is 11.8 Å². The Morgan fingerprint density at radius 3 is 3.12 bits per heavy atom. The van der Waals surface area contributed by atoms with Crippen molar-refractivity contribution in [2.75, 3.05) is 6.54 Å². The lowest BCUT2D eigenvalue weighted by Crippen LogP contribution is -2.31. The summed E-state index contributed by atoms with van der Waals surface area (Å²) in [7, 11) is 0. The van der Waals surface area contributed by atoms with Gasteiger partial charge in [0.2, 0.25) is 11.8 Å². The first-order valence-electron chi connectivity index (χ1n) is 5.60. The van der Waals surface area contributed by atoms with Crippen molar-refractivity contribution in [3.8, 4) is 0 Å². The fourth-order valence-electron chi connectivity index (χ4n) is 1.80. The maximum absolute atomic E-state index is 11.8. The van der Waals surface area contributed by atoms with E-state index in [1.54, 1.807) is 12.4 Å². The van der Waals surface area contributed by atoms with E-state index in [4.69, 9.17) is 0 Å². The van der Waals surface area contributed by atoms with Crippen molar-refractivity contribution in [3.63, 3.8) is 0 Å². The maximum Gasteiger partial charge on any atom is 0.225 e. The number of amides is 2. The lowest BCUT2D eigenvalue weighted by Gasteiger charge is -2.10. The van der Waals surface area contributed by atoms with Crippen molar-refractivity contribution in [3.05, 3.63) is 29.6 Å². The van der Waals surface area contributed by atoms with Crippen molar-refractivity contribution in [1.29, 1.82) is 0 Å². The Bertz CT molecular complexity index is 445. The third-order valence-electron chi connectivity index (χ3n) is 2.95. The fourth-order valence-corrected chi connectivity index (χ4v) is 1.80. The number of hydrogen-bond donors (Lipinski definition) is 2. The van der Waals surface area contributed by atoms with Gasteiger partial charge in [-0.3, -0.25) is 14.6 Å². The summed E-state index contributed by atoms with van der Waals surface area (Å²) in [6.07, 6.45) is 3.76. The summed E-state index contributed by atoms with van der Waals surface area (Å²) in [6, 6.07) is 1.90. The highest BCUT2D eigenvalue weighted by Gasteiger charge is 2.27. The van der Waals surface area contributed by atoms with Crippen molar-refractivity contribution < 1.29 is 9.59 Å². The predicted octanol–water partition coefficient (Wildman–Crippen LogP) is 0.142. The van der Waals surface area contributed by atoms with Crippen molar-refractivity contribution in [1.82, 2.24) is 15.6 Å². The molecule has 0 saturated carbocycles. The van der Waals surface area contributed by atoms with Gasteiger partial charge in [0, 0.05) is 31.9 Å². The van der Waals surface area contributed by atoms with E-state index < -0.39 is 0 Å². The Kier molecular flexibility index (Phi) is 3.37. The molecule has 2 rings (SSSR count). The van der Waals surface area contributed by atoms with E-state index in [2.05, 4.69) is 15.6 Å². The Balaban J connectivity index is 1.88. The molecule has 5 heteroatoms. The molecular weight excluding hydrogens is 218 g/mol. The van der Waals surface area contributed by atoms with Gasteiger partial charge in [0.25, 0.3) is 0 Å². The molecule has 2 amide bonds. The zero-order chi connectivity index (χ0) is 12.3. The number of hydrogen-bond acceptors (Lipinski definition) is 3. The summed E-state index contributed by atoms with van der Waals surface area (Å²) in [5, 5.41) is 5.48. The molecule has 1 aromatic heterocycles. The second-order valence-corrected chi connectivity index (χ2v) is 4.23. The summed E-state index contributed by atoms with van der Waals surface area (Å²) in [5.41, 5.74) is 2.10. The van der Waals surface area contributed by atoms with Gasteiger partial charge in [0.1, 0.15) is 0 Å². The van der Waals surface area contributed by atoms with Crippen molar-refractivity contribution in [2.45, 2.75) is 19.9 Å². The van der Waals surface area contributed by atoms with E-state index in [0.29, 0.717) is 13.1 Å². The molecule has 5 nitrogen and oxygen atoms in total. The van der Waals surface area contributed by atoms with Crippen LogP contribution in [0.1, 0.15) is 17.5 Å². The molecule has 1 atom stereocenters. The van der Waals surface area contributed by atoms with E-state index in [9.17, 15) is 9.59 Å². The monoisotopic (exact) mass is 233 g/mol. The van der Waals surface area contributed by atoms with Gasteiger partial charge in [-0.25, -0.2) is 0 Å². The predicted molar refractivity (Wildman–Crippen MR) is 61.9 cm³/mol. The summed E-state index contributed by atoms with van der Waals surface area (Å²) in [6.45, 7) is 2.88. The molecule has 1 aromatic rings. The van der Waals surface area contributed by atoms with Crippen LogP contribution in [-0.4, -0.2) is 23.3 Å². The standard InChI is InChI=1S/C12H15N3O2/c1-8-2-3-13-5-10(8)7-15-12(17)9-4-11(16)14-6-9/h2-3,5,9H,4,6-7H2,1H3,(H,14,16)(H,15,17). The van der Waals surface area contributed by atoms with Crippen LogP contribution in [0.4, 0.5) is 0 Å². The Morgan fingerprint density at radius 1 is 1.65 bits per heavy atom. The molecule has 17 heavy (non-hydrogen) atoms. The Hall–Kier alpha value is -1.91. The van der Waals surface area contributed by atoms with Crippen LogP contribution in [0, 0.1) is 12.8 Å². The number of rotatable bonds is 3. The molecule has 2 heterocycles. The molecule has 0 bridgehead atoms. The van der Waals surface area contributed by atoms with Crippen LogP contribution < -0.4 is 10.6 Å². The zero-order valence-electron chi connectivity index (χ0n) is 9.69. The highest BCUT2D eigenvalue weighted by Crippen LogP contribution is 2.10. The molecule has 1 aliphatic rings. The number of carbonyl (C=O) groups excluding carboxylic acids is 2. The molecule has 0 spiro atoms. The van der Waals surface area contributed by atoms with E-state index in [0.717, 1.165) is 11.1 Å². The summed E-state index contributed by atoms with van der Waals surface area (Å²) in [4.78, 5) is 26.8. The minimum absolute atomic E-state index is 0.0530. The van der Waals surface area contributed by atoms with Gasteiger partial charge < -0.3 is 10.6 Å². The molecule has 1 aliphatic heterocycles. The minimum atomic E-state index is -0.237. The number of aryl methyl sites for hydroxylation is 1. The average Bonchev–Trinajstić information content (AvgIpc) is 2.74. The number of pyridine rings is 1. The molecular formula is C12H15N3O2. The first kappa shape index (κ1) is 11.6. The SMILES string of the molecule is Cc1ccncc1CNC(=O)C1CNC(=O)C1. The van der Waals surface area contributed by atoms with Gasteiger partial charge in [-0.1, -0.05) is 0 Å². The maximum atomic E-state index is 11.8. The van der Waals surface area contributed by atoms with Crippen LogP contribution in [0.5, 0.6) is 0 Å². The van der Waals surface area contributed by atoms with Crippen LogP contribution in [-0.2, 0) is 16.1 Å². The second-order valence-electron chi connectivity index (χ2n) is 4.23. The fraction of sp³-hybridized carbons (Fsp3) is 0.417. The summed E-state index contributed by atoms with van der Waals surface area (Å²) < 4.78 is 0. The summed E-state index contributed by atoms with van der Waals surface area (Å²) >= 11 is 0. The van der Waals surface area contributed by atoms with Gasteiger partial charge in [-0.05, 0) is 24.1 Å². The number of nitrogens with one attached hydrogen (secondary N) is 2. The quantitative estimate of drug-likeness (QED) is 0.780. The Morgan fingerprint density at radius 2 is 2.47 bits per heavy atom. The first-order chi connectivity index (χ1) is 8.16. The lowest BCUT2D eigenvalue weighted by molar-refractivity contribution is -0.126. The van der Waals surface area contributed by atoms with Gasteiger partial charge in [0.05, 0.1) is 5.92 Å². The smallest absolute Gasteiger partial charge is 0.225 e. The normalized spacial score (nSPS) is 18.9. The van der Waals surface area contributed by atoms with E-state index in [-0.39, 0.29) is 24.2 Å². The molecule has 1 unspecified atom stereocenters. The van der Waals surface area contributed by atoms with Gasteiger partial charge in [0.15, 0.2) is 0 Å². The van der Waals surface area contributed by atoms with Crippen LogP contribution >= 0.6 is 0 Å². The Labute approximate surface area is 99.6 Å². The molecule has 0 aromatic carbocycles. The lowest BCUT2D eigenvalue weighted by atomic mass is 10.1. The van der Waals surface area contributed by atoms with Gasteiger partial charge in [-0.2, -0.15) is 0 Å². The van der Waals surface area contributed by atoms with Crippen molar-refractivity contribution in [2.24, 2.45) is 5.92 Å². The van der Waals surface area contributed by atoms with Crippen LogP contribution in [0.25, 0.3) is 0 Å². The molecule has 0 radical (unpaired) electrons. The number of nitrogens with zero attached hydrogens (tertiary/aromatic N) is 1. The molecule has 1 fully saturated rings. The highest BCUT2D eigenvalue weighted by atomic mass is 16.2. The number of aromatic nitrogens is 1. The van der Waals surface area contributed by atoms with Crippen LogP contribution in [0.15, 0.2) is 18.5 Å². The summed E-state index contributed by atoms with van der Waals surface area (Å²) in [5.74, 6) is -0.367. The molecule has 90 valence electrons. The first-order valence-corrected chi connectivity index (χ1v) is 5.60. The zero-order valence-corrected chi connectivity index (χ0v) is 9.69. The topological polar surface area (TPSA) is 71.1 Å². The van der Waals surface area contributed by atoms with E-state index in [1.807, 2.05) is 13.0 Å². The second kappa shape index (κ2) is 4.95. The minimum Gasteiger partial charge on any atom is -0.355 e. The third kappa shape index (κ3) is 2.81.